The molecule has 0 saturated carbocycles. The van der Waals surface area contributed by atoms with Gasteiger partial charge in [-0.05, 0) is 31.9 Å². The fourth-order valence-corrected chi connectivity index (χ4v) is 3.65. The topological polar surface area (TPSA) is 165 Å². The molecule has 142 valence electrons. The van der Waals surface area contributed by atoms with Gasteiger partial charge < -0.3 is 24.2 Å². The van der Waals surface area contributed by atoms with Crippen molar-refractivity contribution in [2.75, 3.05) is 6.54 Å². The van der Waals surface area contributed by atoms with Crippen LogP contribution in [0.3, 0.4) is 0 Å². The number of amides is 1. The summed E-state index contributed by atoms with van der Waals surface area (Å²) in [6.45, 7) is 1.45. The number of benzene rings is 1. The predicted molar refractivity (Wildman–Crippen MR) is 83.7 cm³/mol. The van der Waals surface area contributed by atoms with E-state index in [1.54, 1.807) is 0 Å². The first-order chi connectivity index (χ1) is 12.1. The van der Waals surface area contributed by atoms with Crippen molar-refractivity contribution in [3.63, 3.8) is 0 Å². The molecule has 1 aromatic rings. The number of carboxylic acid groups (broad SMARTS) is 1. The quantitative estimate of drug-likeness (QED) is 0.191. The third-order valence-corrected chi connectivity index (χ3v) is 4.96. The van der Waals surface area contributed by atoms with Gasteiger partial charge in [-0.3, -0.25) is 19.5 Å². The van der Waals surface area contributed by atoms with E-state index in [1.165, 1.54) is 6.92 Å². The number of likely N-dealkylation sites (tertiary alicyclic amines) is 1. The van der Waals surface area contributed by atoms with Gasteiger partial charge in [0, 0.05) is 18.7 Å². The summed E-state index contributed by atoms with van der Waals surface area (Å²) in [4.78, 5) is 46.3. The number of aliphatic carboxylic acids is 1. The van der Waals surface area contributed by atoms with E-state index in [4.69, 9.17) is 4.52 Å². The molecule has 3 atom stereocenters. The van der Waals surface area contributed by atoms with Gasteiger partial charge in [-0.2, -0.15) is 0 Å². The van der Waals surface area contributed by atoms with Gasteiger partial charge in [-0.1, -0.05) is 0 Å². The summed E-state index contributed by atoms with van der Waals surface area (Å²) in [6.07, 6.45) is 0.723. The molecule has 1 aromatic carbocycles. The zero-order chi connectivity index (χ0) is 19.5. The fraction of sp³-hybridized carbons (Fsp3) is 0.429. The molecule has 28 heavy (non-hydrogen) atoms. The second-order valence-electron chi connectivity index (χ2n) is 5.70. The molecule has 2 rings (SSSR count). The minimum absolute atomic E-state index is 0. The van der Waals surface area contributed by atoms with E-state index in [1.807, 2.05) is 5.09 Å². The number of nitrogens with one attached hydrogen (secondary N) is 1. The summed E-state index contributed by atoms with van der Waals surface area (Å²) in [5.41, 5.74) is -0.239. The Kier molecular flexibility index (Phi) is 11.4. The van der Waals surface area contributed by atoms with Gasteiger partial charge in [-0.15, -0.1) is 0 Å². The van der Waals surface area contributed by atoms with Crippen molar-refractivity contribution in [3.05, 3.63) is 34.4 Å². The van der Waals surface area contributed by atoms with Crippen molar-refractivity contribution < 1.29 is 92.7 Å². The molecule has 1 saturated heterocycles. The molecule has 1 heterocycles. The third kappa shape index (κ3) is 7.40. The van der Waals surface area contributed by atoms with Gasteiger partial charge >= 0.3 is 59.1 Å². The molecule has 1 aliphatic rings. The van der Waals surface area contributed by atoms with Crippen LogP contribution in [0, 0.1) is 10.1 Å². The summed E-state index contributed by atoms with van der Waals surface area (Å²) >= 11 is 0. The number of non-ortho nitro benzene ring substituents is 1. The average molecular weight is 431 g/mol. The Bertz CT molecular complexity index is 763. The van der Waals surface area contributed by atoms with Crippen molar-refractivity contribution >= 4 is 25.3 Å². The van der Waals surface area contributed by atoms with Crippen LogP contribution in [0.2, 0.25) is 0 Å². The number of hydrogen-bond acceptors (Lipinski definition) is 8. The summed E-state index contributed by atoms with van der Waals surface area (Å²) in [5.74, 6) is -2.27. The normalized spacial score (nSPS) is 18.8. The average Bonchev–Trinajstić information content (AvgIpc) is 3.03. The van der Waals surface area contributed by atoms with Crippen LogP contribution in [-0.2, 0) is 14.2 Å². The van der Waals surface area contributed by atoms with E-state index in [2.05, 4.69) is 0 Å². The number of carbonyl (C=O) groups is 2. The molecule has 0 aliphatic carbocycles. The predicted octanol–water partition coefficient (Wildman–Crippen LogP) is -6.83. The van der Waals surface area contributed by atoms with E-state index < -0.39 is 36.6 Å². The molecular formula is C14H16N3Na2O8P. The van der Waals surface area contributed by atoms with Crippen LogP contribution in [-0.4, -0.2) is 40.3 Å². The number of nitro benzene ring substituents is 1. The van der Waals surface area contributed by atoms with Crippen molar-refractivity contribution in [1.82, 2.24) is 9.99 Å². The second kappa shape index (κ2) is 11.6. The number of nitro groups is 1. The Morgan fingerprint density at radius 1 is 1.32 bits per heavy atom. The van der Waals surface area contributed by atoms with E-state index in [-0.39, 0.29) is 83.5 Å². The smallest absolute Gasteiger partial charge is 0.756 e. The first-order valence-corrected chi connectivity index (χ1v) is 9.19. The summed E-state index contributed by atoms with van der Waals surface area (Å²) in [5, 5.41) is 23.6. The molecule has 0 spiro atoms. The number of nitrogens with zero attached hydrogens (tertiary/aromatic N) is 2. The van der Waals surface area contributed by atoms with Gasteiger partial charge in [0.1, 0.15) is 5.75 Å². The standard InChI is InChI=1S/C14H18N3O8P.2Na/c1-9(13(18)16-8-2-3-12(16)14(19)20)15-26(23,24)25-11-6-4-10(5-7-11)17(21)22;;/h4-7,9,12H,2-3,8H2,1H3,(H,19,20)(H2,15,23,24);;/q;2*+1/p-2/t9-,12-;;/m0../s1. The van der Waals surface area contributed by atoms with Crippen LogP contribution >= 0.6 is 7.75 Å². The van der Waals surface area contributed by atoms with Crippen LogP contribution < -0.4 is 78.7 Å². The molecule has 0 aromatic heterocycles. The van der Waals surface area contributed by atoms with Gasteiger partial charge in [-0.25, -0.2) is 5.09 Å². The van der Waals surface area contributed by atoms with Crippen molar-refractivity contribution in [1.29, 1.82) is 0 Å². The second-order valence-corrected chi connectivity index (χ2v) is 7.13. The SMILES string of the molecule is C[C@H](NP(=O)([O-])Oc1ccc([N+](=O)[O-])cc1)C(=O)N1CCC[C@H]1C(=O)[O-].[Na+].[Na+]. The maximum absolute atomic E-state index is 12.3. The summed E-state index contributed by atoms with van der Waals surface area (Å²) < 4.78 is 16.8. The summed E-state index contributed by atoms with van der Waals surface area (Å²) in [7, 11) is -4.73. The molecule has 1 aliphatic heterocycles. The molecule has 1 fully saturated rings. The first kappa shape index (κ1) is 27.5. The maximum Gasteiger partial charge on any atom is 1.00 e. The fourth-order valence-electron chi connectivity index (χ4n) is 2.61. The monoisotopic (exact) mass is 431 g/mol. The number of carbonyl (C=O) groups excluding carboxylic acids is 2. The van der Waals surface area contributed by atoms with E-state index in [0.717, 1.165) is 29.2 Å². The minimum Gasteiger partial charge on any atom is -0.756 e. The van der Waals surface area contributed by atoms with Gasteiger partial charge in [0.15, 0.2) is 0 Å². The molecule has 0 radical (unpaired) electrons. The number of rotatable bonds is 7. The molecule has 11 nitrogen and oxygen atoms in total. The van der Waals surface area contributed by atoms with E-state index >= 15 is 0 Å². The zero-order valence-corrected chi connectivity index (χ0v) is 20.6. The molecular weight excluding hydrogens is 415 g/mol. The molecule has 1 N–H and O–H groups in total. The van der Waals surface area contributed by atoms with Gasteiger partial charge in [0.2, 0.25) is 5.91 Å². The van der Waals surface area contributed by atoms with Crippen LogP contribution in [0.4, 0.5) is 5.69 Å². The first-order valence-electron chi connectivity index (χ1n) is 7.65. The van der Waals surface area contributed by atoms with Gasteiger partial charge in [0.25, 0.3) is 13.4 Å². The van der Waals surface area contributed by atoms with Crippen molar-refractivity contribution in [2.45, 2.75) is 31.8 Å². The summed E-state index contributed by atoms with van der Waals surface area (Å²) in [6, 6.07) is 1.99. The van der Waals surface area contributed by atoms with E-state index in [9.17, 15) is 34.3 Å². The Labute approximate surface area is 205 Å². The van der Waals surface area contributed by atoms with Gasteiger partial charge in [0.05, 0.1) is 23.0 Å². The van der Waals surface area contributed by atoms with Crippen LogP contribution in [0.25, 0.3) is 0 Å². The van der Waals surface area contributed by atoms with Crippen molar-refractivity contribution in [3.8, 4) is 5.75 Å². The van der Waals surface area contributed by atoms with Crippen molar-refractivity contribution in [2.24, 2.45) is 0 Å². The Balaban J connectivity index is 0.00000364. The Morgan fingerprint density at radius 3 is 2.39 bits per heavy atom. The van der Waals surface area contributed by atoms with Crippen LogP contribution in [0.15, 0.2) is 24.3 Å². The number of hydrogen-bond donors (Lipinski definition) is 1. The Hall–Kier alpha value is -0.490. The molecule has 14 heteroatoms. The van der Waals surface area contributed by atoms with Crippen LogP contribution in [0.5, 0.6) is 5.75 Å². The number of carboxylic acids is 1. The Morgan fingerprint density at radius 2 is 1.89 bits per heavy atom. The molecule has 1 unspecified atom stereocenters. The van der Waals surface area contributed by atoms with E-state index in [0.29, 0.717) is 6.42 Å². The largest absolute Gasteiger partial charge is 1.00 e. The zero-order valence-electron chi connectivity index (χ0n) is 15.7. The molecule has 0 bridgehead atoms. The van der Waals surface area contributed by atoms with Crippen LogP contribution in [0.1, 0.15) is 19.8 Å². The minimum atomic E-state index is -4.73. The molecule has 1 amide bonds. The maximum atomic E-state index is 12.3. The third-order valence-electron chi connectivity index (χ3n) is 3.80.